The minimum atomic E-state index is -5.08. The molecular formula is C22H30F3N3O5S. The number of carboxylic acid groups (broad SMARTS) is 1. The molecule has 1 aliphatic carbocycles. The SMILES string of the molecule is Cc1cccc(CN2CCS(=O)(=O)[C@@H]3CCN(C(=O)CC4CC4)CC[C@@H]32)n1.O=C(O)C(F)(F)F. The van der Waals surface area contributed by atoms with Crippen molar-refractivity contribution in [2.45, 2.75) is 63.0 Å². The maximum atomic E-state index is 12.7. The number of carbonyl (C=O) groups is 2. The molecule has 2 saturated heterocycles. The molecule has 34 heavy (non-hydrogen) atoms. The number of aryl methyl sites for hydroxylation is 1. The van der Waals surface area contributed by atoms with Crippen LogP contribution in [0.1, 0.15) is 43.5 Å². The number of halogens is 3. The van der Waals surface area contributed by atoms with Crippen LogP contribution < -0.4 is 0 Å². The van der Waals surface area contributed by atoms with E-state index in [0.29, 0.717) is 44.9 Å². The third-order valence-electron chi connectivity index (χ3n) is 6.47. The first kappa shape index (κ1) is 26.4. The van der Waals surface area contributed by atoms with Gasteiger partial charge in [0.05, 0.1) is 16.7 Å². The van der Waals surface area contributed by atoms with E-state index in [-0.39, 0.29) is 23.0 Å². The van der Waals surface area contributed by atoms with Gasteiger partial charge in [-0.25, -0.2) is 13.2 Å². The summed E-state index contributed by atoms with van der Waals surface area (Å²) in [6, 6.07) is 5.96. The maximum absolute atomic E-state index is 12.7. The fourth-order valence-electron chi connectivity index (χ4n) is 4.50. The molecule has 8 nitrogen and oxygen atoms in total. The lowest BCUT2D eigenvalue weighted by Gasteiger charge is -2.39. The Bertz CT molecular complexity index is 998. The smallest absolute Gasteiger partial charge is 0.475 e. The van der Waals surface area contributed by atoms with Crippen LogP contribution in [0.3, 0.4) is 0 Å². The first-order valence-electron chi connectivity index (χ1n) is 11.3. The third kappa shape index (κ3) is 7.14. The van der Waals surface area contributed by atoms with Crippen LogP contribution in [0.2, 0.25) is 0 Å². The number of aliphatic carboxylic acids is 1. The highest BCUT2D eigenvalue weighted by Crippen LogP contribution is 2.34. The lowest BCUT2D eigenvalue weighted by atomic mass is 10.1. The van der Waals surface area contributed by atoms with E-state index < -0.39 is 22.0 Å². The number of pyridine rings is 1. The molecule has 1 aromatic rings. The summed E-state index contributed by atoms with van der Waals surface area (Å²) in [4.78, 5) is 30.2. The van der Waals surface area contributed by atoms with Gasteiger partial charge in [-0.15, -0.1) is 0 Å². The van der Waals surface area contributed by atoms with Crippen LogP contribution in [-0.4, -0.2) is 83.0 Å². The molecule has 1 amide bonds. The molecule has 0 radical (unpaired) electrons. The third-order valence-corrected chi connectivity index (χ3v) is 8.69. The van der Waals surface area contributed by atoms with Crippen molar-refractivity contribution >= 4 is 21.7 Å². The van der Waals surface area contributed by atoms with Gasteiger partial charge in [-0.3, -0.25) is 14.7 Å². The minimum absolute atomic E-state index is 0.0233. The second-order valence-corrected chi connectivity index (χ2v) is 11.5. The number of hydrogen-bond acceptors (Lipinski definition) is 6. The standard InChI is InChI=1S/C20H29N3O3S.C2HF3O2/c1-15-3-2-4-17(21-15)14-23-11-12-27(25,26)19-8-10-22(9-7-18(19)23)20(24)13-16-5-6-16;3-2(4,5)1(6)7/h2-4,16,18-19H,5-14H2,1H3;(H,6,7)/t18-,19+;/m0./s1. The Balaban J connectivity index is 0.000000406. The number of fused-ring (bicyclic) bond motifs is 1. The van der Waals surface area contributed by atoms with E-state index >= 15 is 0 Å². The van der Waals surface area contributed by atoms with E-state index in [2.05, 4.69) is 9.88 Å². The van der Waals surface area contributed by atoms with Gasteiger partial charge in [0.1, 0.15) is 0 Å². The van der Waals surface area contributed by atoms with Crippen LogP contribution in [0.25, 0.3) is 0 Å². The first-order valence-corrected chi connectivity index (χ1v) is 13.0. The van der Waals surface area contributed by atoms with Gasteiger partial charge in [0.15, 0.2) is 9.84 Å². The number of carbonyl (C=O) groups excluding carboxylic acids is 1. The van der Waals surface area contributed by atoms with E-state index in [1.807, 2.05) is 30.0 Å². The van der Waals surface area contributed by atoms with Gasteiger partial charge < -0.3 is 10.0 Å². The number of rotatable bonds is 4. The molecule has 2 atom stereocenters. The average Bonchev–Trinajstić information content (AvgIpc) is 3.56. The molecule has 0 spiro atoms. The van der Waals surface area contributed by atoms with Crippen LogP contribution in [0.4, 0.5) is 13.2 Å². The summed E-state index contributed by atoms with van der Waals surface area (Å²) in [7, 11) is -3.10. The van der Waals surface area contributed by atoms with Gasteiger partial charge in [0.25, 0.3) is 0 Å². The number of hydrogen-bond donors (Lipinski definition) is 1. The fraction of sp³-hybridized carbons (Fsp3) is 0.682. The van der Waals surface area contributed by atoms with Gasteiger partial charge in [-0.1, -0.05) is 6.07 Å². The number of alkyl halides is 3. The maximum Gasteiger partial charge on any atom is 0.490 e. The van der Waals surface area contributed by atoms with E-state index in [1.165, 1.54) is 0 Å². The molecule has 12 heteroatoms. The van der Waals surface area contributed by atoms with Crippen molar-refractivity contribution in [3.63, 3.8) is 0 Å². The van der Waals surface area contributed by atoms with Crippen molar-refractivity contribution < 1.29 is 36.3 Å². The predicted octanol–water partition coefficient (Wildman–Crippen LogP) is 2.41. The van der Waals surface area contributed by atoms with Gasteiger partial charge >= 0.3 is 12.1 Å². The zero-order chi connectivity index (χ0) is 25.1. The normalized spacial score (nSPS) is 24.9. The van der Waals surface area contributed by atoms with Crippen LogP contribution >= 0.6 is 0 Å². The van der Waals surface area contributed by atoms with Gasteiger partial charge in [0.2, 0.25) is 5.91 Å². The molecule has 1 aromatic heterocycles. The van der Waals surface area contributed by atoms with Crippen molar-refractivity contribution in [3.8, 4) is 0 Å². The highest BCUT2D eigenvalue weighted by atomic mass is 32.2. The molecular weight excluding hydrogens is 475 g/mol. The van der Waals surface area contributed by atoms with Crippen LogP contribution in [-0.2, 0) is 26.0 Å². The molecule has 190 valence electrons. The molecule has 3 fully saturated rings. The summed E-state index contributed by atoms with van der Waals surface area (Å²) in [6.07, 6.45) is -0.834. The minimum Gasteiger partial charge on any atom is -0.475 e. The molecule has 0 aromatic carbocycles. The highest BCUT2D eigenvalue weighted by Gasteiger charge is 2.43. The Labute approximate surface area is 197 Å². The van der Waals surface area contributed by atoms with Crippen molar-refractivity contribution in [2.75, 3.05) is 25.4 Å². The lowest BCUT2D eigenvalue weighted by Crippen LogP contribution is -2.54. The topological polar surface area (TPSA) is 108 Å². The summed E-state index contributed by atoms with van der Waals surface area (Å²) in [6.45, 7) is 4.44. The predicted molar refractivity (Wildman–Crippen MR) is 118 cm³/mol. The Morgan fingerprint density at radius 2 is 1.76 bits per heavy atom. The number of carboxylic acids is 1. The zero-order valence-electron chi connectivity index (χ0n) is 19.0. The summed E-state index contributed by atoms with van der Waals surface area (Å²) in [5, 5.41) is 6.76. The lowest BCUT2D eigenvalue weighted by molar-refractivity contribution is -0.192. The Kier molecular flexibility index (Phi) is 8.22. The largest absolute Gasteiger partial charge is 0.490 e. The van der Waals surface area contributed by atoms with Gasteiger partial charge in [-0.2, -0.15) is 13.2 Å². The van der Waals surface area contributed by atoms with Crippen LogP contribution in [0.5, 0.6) is 0 Å². The van der Waals surface area contributed by atoms with Crippen LogP contribution in [0.15, 0.2) is 18.2 Å². The van der Waals surface area contributed by atoms with Gasteiger partial charge in [0, 0.05) is 44.3 Å². The Morgan fingerprint density at radius 1 is 1.12 bits per heavy atom. The average molecular weight is 506 g/mol. The van der Waals surface area contributed by atoms with E-state index in [9.17, 15) is 26.4 Å². The number of likely N-dealkylation sites (tertiary alicyclic amines) is 1. The van der Waals surface area contributed by atoms with E-state index in [0.717, 1.165) is 30.7 Å². The molecule has 4 rings (SSSR count). The van der Waals surface area contributed by atoms with E-state index in [1.54, 1.807) is 0 Å². The molecule has 0 bridgehead atoms. The van der Waals surface area contributed by atoms with Crippen molar-refractivity contribution in [3.05, 3.63) is 29.6 Å². The molecule has 3 heterocycles. The van der Waals surface area contributed by atoms with E-state index in [4.69, 9.17) is 9.90 Å². The molecule has 0 unspecified atom stereocenters. The summed E-state index contributed by atoms with van der Waals surface area (Å²) >= 11 is 0. The first-order chi connectivity index (χ1) is 15.9. The molecule has 1 N–H and O–H groups in total. The monoisotopic (exact) mass is 505 g/mol. The van der Waals surface area contributed by atoms with Crippen molar-refractivity contribution in [1.29, 1.82) is 0 Å². The molecule has 1 saturated carbocycles. The van der Waals surface area contributed by atoms with Crippen molar-refractivity contribution in [2.24, 2.45) is 5.92 Å². The van der Waals surface area contributed by atoms with Crippen LogP contribution in [0, 0.1) is 12.8 Å². The highest BCUT2D eigenvalue weighted by molar-refractivity contribution is 7.92. The Morgan fingerprint density at radius 3 is 2.35 bits per heavy atom. The second kappa shape index (κ2) is 10.6. The summed E-state index contributed by atoms with van der Waals surface area (Å²) in [5.41, 5.74) is 1.96. The number of amides is 1. The van der Waals surface area contributed by atoms with Crippen molar-refractivity contribution in [1.82, 2.24) is 14.8 Å². The Hall–Kier alpha value is -2.21. The summed E-state index contributed by atoms with van der Waals surface area (Å²) in [5.74, 6) is -1.78. The zero-order valence-corrected chi connectivity index (χ0v) is 19.8. The number of aromatic nitrogens is 1. The molecule has 3 aliphatic rings. The number of nitrogens with zero attached hydrogens (tertiary/aromatic N) is 3. The second-order valence-electron chi connectivity index (χ2n) is 9.12. The number of sulfone groups is 1. The summed E-state index contributed by atoms with van der Waals surface area (Å²) < 4.78 is 57.2. The van der Waals surface area contributed by atoms with Gasteiger partial charge in [-0.05, 0) is 50.7 Å². The quantitative estimate of drug-likeness (QED) is 0.670. The molecule has 2 aliphatic heterocycles. The fourth-order valence-corrected chi connectivity index (χ4v) is 6.54.